The van der Waals surface area contributed by atoms with Gasteiger partial charge in [0.1, 0.15) is 0 Å². The van der Waals surface area contributed by atoms with Gasteiger partial charge in [-0.05, 0) is 54.8 Å². The third kappa shape index (κ3) is 10.6. The highest BCUT2D eigenvalue weighted by Gasteiger charge is 2.36. The van der Waals surface area contributed by atoms with Gasteiger partial charge in [0, 0.05) is 18.5 Å². The lowest BCUT2D eigenvalue weighted by molar-refractivity contribution is -0.253. The van der Waals surface area contributed by atoms with Crippen molar-refractivity contribution in [2.45, 2.75) is 129 Å². The lowest BCUT2D eigenvalue weighted by atomic mass is 9.99. The summed E-state index contributed by atoms with van der Waals surface area (Å²) in [6.07, 6.45) is 15.5. The molecule has 0 spiro atoms. The molecule has 2 amide bonds. The minimum atomic E-state index is -0.547. The number of ether oxygens (including phenoxy) is 2. The molecule has 7 heteroatoms. The molecule has 50 heavy (non-hydrogen) atoms. The van der Waals surface area contributed by atoms with E-state index in [9.17, 15) is 14.7 Å². The summed E-state index contributed by atoms with van der Waals surface area (Å²) in [5, 5.41) is 9.62. The molecule has 0 aliphatic carbocycles. The molecule has 5 rings (SSSR count). The van der Waals surface area contributed by atoms with E-state index in [1.165, 1.54) is 81.9 Å². The minimum absolute atomic E-state index is 0.00512. The molecule has 0 unspecified atom stereocenters. The molecule has 0 saturated carbocycles. The first-order chi connectivity index (χ1) is 24.5. The smallest absolute Gasteiger partial charge is 0.261 e. The van der Waals surface area contributed by atoms with Gasteiger partial charge in [0.15, 0.2) is 6.29 Å². The van der Waals surface area contributed by atoms with Crippen LogP contribution in [0.4, 0.5) is 0 Å². The first-order valence-corrected chi connectivity index (χ1v) is 19.3. The quantitative estimate of drug-likeness (QED) is 0.0891. The van der Waals surface area contributed by atoms with Gasteiger partial charge in [-0.25, -0.2) is 0 Å². The van der Waals surface area contributed by atoms with E-state index in [4.69, 9.17) is 9.47 Å². The van der Waals surface area contributed by atoms with Gasteiger partial charge < -0.3 is 19.5 Å². The average Bonchev–Trinajstić information content (AvgIpc) is 3.39. The molecular weight excluding hydrogens is 624 g/mol. The largest absolute Gasteiger partial charge is 0.392 e. The van der Waals surface area contributed by atoms with E-state index in [-0.39, 0.29) is 37.2 Å². The normalized spacial score (nSPS) is 19.0. The molecule has 270 valence electrons. The number of aliphatic hydroxyl groups is 1. The molecule has 7 nitrogen and oxygen atoms in total. The van der Waals surface area contributed by atoms with Crippen LogP contribution in [0.2, 0.25) is 0 Å². The summed E-state index contributed by atoms with van der Waals surface area (Å²) < 4.78 is 13.4. The van der Waals surface area contributed by atoms with Gasteiger partial charge in [0.05, 0.1) is 36.5 Å². The van der Waals surface area contributed by atoms with E-state index in [0.29, 0.717) is 11.1 Å². The summed E-state index contributed by atoms with van der Waals surface area (Å²) >= 11 is 0. The van der Waals surface area contributed by atoms with Crippen molar-refractivity contribution >= 4 is 11.8 Å². The fourth-order valence-electron chi connectivity index (χ4n) is 7.19. The van der Waals surface area contributed by atoms with Crippen LogP contribution in [0.1, 0.15) is 153 Å². The van der Waals surface area contributed by atoms with Crippen molar-refractivity contribution in [2.75, 3.05) is 19.6 Å². The zero-order valence-corrected chi connectivity index (χ0v) is 30.4. The zero-order chi connectivity index (χ0) is 35.1. The van der Waals surface area contributed by atoms with E-state index in [1.54, 1.807) is 24.3 Å². The van der Waals surface area contributed by atoms with Gasteiger partial charge in [-0.2, -0.15) is 0 Å². The first-order valence-electron chi connectivity index (χ1n) is 19.3. The zero-order valence-electron chi connectivity index (χ0n) is 30.4. The molecule has 0 aromatic heterocycles. The number of nitrogens with zero attached hydrogens (tertiary/aromatic N) is 2. The summed E-state index contributed by atoms with van der Waals surface area (Å²) in [5.74, 6) is -0.504. The fourth-order valence-corrected chi connectivity index (χ4v) is 7.19. The van der Waals surface area contributed by atoms with Crippen LogP contribution >= 0.6 is 0 Å². The molecule has 1 saturated heterocycles. The second kappa shape index (κ2) is 19.9. The molecule has 2 heterocycles. The molecule has 1 N–H and O–H groups in total. The Hall–Kier alpha value is -3.36. The Morgan fingerprint density at radius 1 is 0.660 bits per heavy atom. The molecule has 3 aromatic carbocycles. The predicted octanol–water partition coefficient (Wildman–Crippen LogP) is 9.54. The predicted molar refractivity (Wildman–Crippen MR) is 199 cm³/mol. The van der Waals surface area contributed by atoms with Crippen LogP contribution in [0, 0.1) is 0 Å². The highest BCUT2D eigenvalue weighted by Crippen LogP contribution is 2.38. The molecule has 0 radical (unpaired) electrons. The standard InChI is InChI=1S/C43H58N2O5/c1-3-5-7-9-11-15-27-44(28-16-12-10-8-6-4-2)31-37-29-40(35-23-21-34(32-46)22-24-35)50-43(49-37)36-25-19-33(20-26-36)30-45-41(47)38-17-13-14-18-39(38)42(45)48/h13-14,17-26,37,40,43,46H,3-12,15-16,27-32H2,1-2H3/t37-,40+,43+/m0/s1. The molecule has 1 fully saturated rings. The van der Waals surface area contributed by atoms with E-state index in [0.717, 1.165) is 48.3 Å². The summed E-state index contributed by atoms with van der Waals surface area (Å²) in [5.41, 5.74) is 4.67. The molecule has 2 aliphatic heterocycles. The van der Waals surface area contributed by atoms with Crippen LogP contribution in [0.25, 0.3) is 0 Å². The van der Waals surface area contributed by atoms with E-state index >= 15 is 0 Å². The maximum atomic E-state index is 13.0. The summed E-state index contributed by atoms with van der Waals surface area (Å²) in [4.78, 5) is 29.9. The molecule has 0 bridgehead atoms. The van der Waals surface area contributed by atoms with Gasteiger partial charge in [-0.1, -0.05) is 139 Å². The highest BCUT2D eigenvalue weighted by atomic mass is 16.7. The number of fused-ring (bicyclic) bond motifs is 1. The SMILES string of the molecule is CCCCCCCCN(CCCCCCCC)C[C@@H]1C[C@H](c2ccc(CO)cc2)O[C@H](c2ccc(CN3C(=O)c4ccccc4C3=O)cc2)O1. The van der Waals surface area contributed by atoms with E-state index in [2.05, 4.69) is 30.9 Å². The van der Waals surface area contributed by atoms with Gasteiger partial charge in [-0.3, -0.25) is 14.5 Å². The van der Waals surface area contributed by atoms with E-state index < -0.39 is 6.29 Å². The highest BCUT2D eigenvalue weighted by molar-refractivity contribution is 6.21. The van der Waals surface area contributed by atoms with Crippen molar-refractivity contribution in [3.63, 3.8) is 0 Å². The number of hydrogen-bond donors (Lipinski definition) is 1. The number of carbonyl (C=O) groups excluding carboxylic acids is 2. The summed E-state index contributed by atoms with van der Waals surface area (Å²) in [7, 11) is 0. The van der Waals surface area contributed by atoms with Crippen LogP contribution in [0.5, 0.6) is 0 Å². The summed E-state index contributed by atoms with van der Waals surface area (Å²) in [6, 6.07) is 23.0. The number of benzene rings is 3. The van der Waals surface area contributed by atoms with Crippen molar-refractivity contribution in [3.8, 4) is 0 Å². The first kappa shape index (κ1) is 37.9. The second-order valence-corrected chi connectivity index (χ2v) is 14.2. The number of imide groups is 1. The maximum Gasteiger partial charge on any atom is 0.261 e. The van der Waals surface area contributed by atoms with Gasteiger partial charge in [-0.15, -0.1) is 0 Å². The summed E-state index contributed by atoms with van der Waals surface area (Å²) in [6.45, 7) is 7.82. The van der Waals surface area contributed by atoms with Crippen LogP contribution in [0.15, 0.2) is 72.8 Å². The third-order valence-electron chi connectivity index (χ3n) is 10.2. The second-order valence-electron chi connectivity index (χ2n) is 14.2. The van der Waals surface area contributed by atoms with Crippen LogP contribution in [0.3, 0.4) is 0 Å². The van der Waals surface area contributed by atoms with Crippen LogP contribution < -0.4 is 0 Å². The molecular formula is C43H58N2O5. The van der Waals surface area contributed by atoms with E-state index in [1.807, 2.05) is 36.4 Å². The van der Waals surface area contributed by atoms with Crippen molar-refractivity contribution in [3.05, 3.63) is 106 Å². The lowest BCUT2D eigenvalue weighted by Crippen LogP contribution is -2.40. The Kier molecular flexibility index (Phi) is 15.1. The van der Waals surface area contributed by atoms with Crippen molar-refractivity contribution in [1.82, 2.24) is 9.80 Å². The number of unbranched alkanes of at least 4 members (excludes halogenated alkanes) is 10. The number of carbonyl (C=O) groups is 2. The average molecular weight is 683 g/mol. The van der Waals surface area contributed by atoms with Gasteiger partial charge >= 0.3 is 0 Å². The number of hydrogen-bond acceptors (Lipinski definition) is 6. The molecule has 3 atom stereocenters. The van der Waals surface area contributed by atoms with Crippen LogP contribution in [-0.2, 0) is 22.6 Å². The van der Waals surface area contributed by atoms with Gasteiger partial charge in [0.2, 0.25) is 0 Å². The Bertz CT molecular complexity index is 1420. The number of amides is 2. The monoisotopic (exact) mass is 682 g/mol. The van der Waals surface area contributed by atoms with Crippen molar-refractivity contribution in [2.24, 2.45) is 0 Å². The maximum absolute atomic E-state index is 13.0. The van der Waals surface area contributed by atoms with Crippen molar-refractivity contribution < 1.29 is 24.2 Å². The Labute approximate surface area is 300 Å². The topological polar surface area (TPSA) is 79.3 Å². The minimum Gasteiger partial charge on any atom is -0.392 e. The number of rotatable bonds is 21. The Balaban J connectivity index is 1.27. The molecule has 2 aliphatic rings. The third-order valence-corrected chi connectivity index (χ3v) is 10.2. The van der Waals surface area contributed by atoms with Crippen molar-refractivity contribution in [1.29, 1.82) is 0 Å². The fraction of sp³-hybridized carbons (Fsp3) is 0.535. The lowest BCUT2D eigenvalue weighted by Gasteiger charge is -2.38. The Morgan fingerprint density at radius 3 is 1.74 bits per heavy atom. The Morgan fingerprint density at radius 2 is 1.18 bits per heavy atom. The number of aliphatic hydroxyl groups excluding tert-OH is 1. The van der Waals surface area contributed by atoms with Gasteiger partial charge in [0.25, 0.3) is 11.8 Å². The van der Waals surface area contributed by atoms with Crippen LogP contribution in [-0.4, -0.2) is 52.5 Å². The molecule has 3 aromatic rings.